The first-order chi connectivity index (χ1) is 12.9. The summed E-state index contributed by atoms with van der Waals surface area (Å²) in [5.41, 5.74) is 7.17. The SMILES string of the molecule is COCCn1c(C)cc2c(c1=O)C(c1c(Cl)cccc1Cl)C(C#N)=C(N)O2. The zero-order valence-corrected chi connectivity index (χ0v) is 16.3. The average molecular weight is 406 g/mol. The Kier molecular flexibility index (Phi) is 5.47. The van der Waals surface area contributed by atoms with Crippen molar-refractivity contribution < 1.29 is 9.47 Å². The van der Waals surface area contributed by atoms with Crippen molar-refractivity contribution in [3.63, 3.8) is 0 Å². The first kappa shape index (κ1) is 19.3. The highest BCUT2D eigenvalue weighted by Gasteiger charge is 2.36. The molecule has 1 unspecified atom stereocenters. The number of aryl methyl sites for hydroxylation is 1. The average Bonchev–Trinajstić information content (AvgIpc) is 2.61. The second kappa shape index (κ2) is 7.65. The molecule has 6 nitrogen and oxygen atoms in total. The van der Waals surface area contributed by atoms with E-state index in [-0.39, 0.29) is 22.6 Å². The highest BCUT2D eigenvalue weighted by Crippen LogP contribution is 2.45. The zero-order chi connectivity index (χ0) is 19.7. The standard InChI is InChI=1S/C19H17Cl2N3O3/c1-10-8-14-17(19(25)24(10)6-7-26-2)15(11(9-22)18(23)27-14)16-12(20)4-3-5-13(16)21/h3-5,8,15H,6-7,23H2,1-2H3. The van der Waals surface area contributed by atoms with Crippen LogP contribution in [0, 0.1) is 18.3 Å². The molecule has 0 bridgehead atoms. The molecule has 0 spiro atoms. The molecule has 0 fully saturated rings. The van der Waals surface area contributed by atoms with Gasteiger partial charge in [-0.05, 0) is 19.1 Å². The highest BCUT2D eigenvalue weighted by atomic mass is 35.5. The van der Waals surface area contributed by atoms with Gasteiger partial charge in [0.05, 0.1) is 18.1 Å². The second-order valence-electron chi connectivity index (χ2n) is 6.07. The Bertz CT molecular complexity index is 1020. The summed E-state index contributed by atoms with van der Waals surface area (Å²) in [6, 6.07) is 8.76. The summed E-state index contributed by atoms with van der Waals surface area (Å²) in [7, 11) is 1.56. The molecule has 0 aliphatic carbocycles. The van der Waals surface area contributed by atoms with Gasteiger partial charge in [-0.3, -0.25) is 4.79 Å². The number of pyridine rings is 1. The van der Waals surface area contributed by atoms with Crippen LogP contribution in [0.3, 0.4) is 0 Å². The van der Waals surface area contributed by atoms with Gasteiger partial charge >= 0.3 is 0 Å². The number of methoxy groups -OCH3 is 1. The van der Waals surface area contributed by atoms with E-state index >= 15 is 0 Å². The normalized spacial score (nSPS) is 15.9. The van der Waals surface area contributed by atoms with E-state index in [4.69, 9.17) is 38.4 Å². The number of nitrogens with two attached hydrogens (primary N) is 1. The molecule has 1 atom stereocenters. The number of rotatable bonds is 4. The molecule has 0 saturated heterocycles. The van der Waals surface area contributed by atoms with Crippen molar-refractivity contribution in [3.8, 4) is 11.8 Å². The number of aromatic nitrogens is 1. The lowest BCUT2D eigenvalue weighted by Gasteiger charge is -2.28. The number of halogens is 2. The first-order valence-electron chi connectivity index (χ1n) is 8.15. The lowest BCUT2D eigenvalue weighted by molar-refractivity contribution is 0.185. The number of nitriles is 1. The molecule has 3 rings (SSSR count). The van der Waals surface area contributed by atoms with E-state index in [1.807, 2.05) is 6.07 Å². The van der Waals surface area contributed by atoms with Gasteiger partial charge in [0.15, 0.2) is 0 Å². The van der Waals surface area contributed by atoms with Crippen molar-refractivity contribution in [1.29, 1.82) is 5.26 Å². The third kappa shape index (κ3) is 3.30. The number of allylic oxidation sites excluding steroid dienone is 1. The molecule has 2 heterocycles. The van der Waals surface area contributed by atoms with Crippen LogP contribution in [-0.4, -0.2) is 18.3 Å². The Balaban J connectivity index is 2.34. The molecule has 0 saturated carbocycles. The maximum atomic E-state index is 13.3. The second-order valence-corrected chi connectivity index (χ2v) is 6.89. The Morgan fingerprint density at radius 3 is 2.59 bits per heavy atom. The third-order valence-corrected chi connectivity index (χ3v) is 5.16. The number of hydrogen-bond donors (Lipinski definition) is 1. The van der Waals surface area contributed by atoms with Crippen molar-refractivity contribution in [3.05, 3.63) is 72.9 Å². The van der Waals surface area contributed by atoms with Crippen LogP contribution in [0.25, 0.3) is 0 Å². The molecule has 1 aliphatic heterocycles. The van der Waals surface area contributed by atoms with E-state index in [9.17, 15) is 10.1 Å². The van der Waals surface area contributed by atoms with Gasteiger partial charge in [0.25, 0.3) is 5.56 Å². The summed E-state index contributed by atoms with van der Waals surface area (Å²) in [6.45, 7) is 2.51. The first-order valence-corrected chi connectivity index (χ1v) is 8.91. The summed E-state index contributed by atoms with van der Waals surface area (Å²) in [6.07, 6.45) is 0. The van der Waals surface area contributed by atoms with E-state index in [1.54, 1.807) is 42.9 Å². The van der Waals surface area contributed by atoms with Crippen molar-refractivity contribution in [2.45, 2.75) is 19.4 Å². The molecule has 0 radical (unpaired) electrons. The Labute approximate surface area is 166 Å². The maximum Gasteiger partial charge on any atom is 0.258 e. The van der Waals surface area contributed by atoms with Crippen LogP contribution in [0.2, 0.25) is 10.0 Å². The molecule has 2 N–H and O–H groups in total. The number of ether oxygens (including phenoxy) is 2. The minimum atomic E-state index is -0.818. The van der Waals surface area contributed by atoms with Crippen molar-refractivity contribution in [2.75, 3.05) is 13.7 Å². The van der Waals surface area contributed by atoms with E-state index in [0.29, 0.717) is 40.2 Å². The van der Waals surface area contributed by atoms with Crippen molar-refractivity contribution >= 4 is 23.2 Å². The summed E-state index contributed by atoms with van der Waals surface area (Å²) in [4.78, 5) is 13.3. The molecule has 27 heavy (non-hydrogen) atoms. The van der Waals surface area contributed by atoms with Gasteiger partial charge in [0, 0.05) is 41.0 Å². The van der Waals surface area contributed by atoms with Gasteiger partial charge < -0.3 is 19.8 Å². The molecule has 8 heteroatoms. The Morgan fingerprint density at radius 1 is 1.33 bits per heavy atom. The number of hydrogen-bond acceptors (Lipinski definition) is 5. The van der Waals surface area contributed by atoms with Crippen molar-refractivity contribution in [1.82, 2.24) is 4.57 Å². The summed E-state index contributed by atoms with van der Waals surface area (Å²) in [5, 5.41) is 10.3. The van der Waals surface area contributed by atoms with Crippen LogP contribution in [0.15, 0.2) is 40.5 Å². The molecule has 140 valence electrons. The molecular weight excluding hydrogens is 389 g/mol. The third-order valence-electron chi connectivity index (χ3n) is 4.50. The van der Waals surface area contributed by atoms with Gasteiger partial charge in [0.2, 0.25) is 5.88 Å². The number of nitrogens with zero attached hydrogens (tertiary/aromatic N) is 2. The molecule has 2 aromatic rings. The minimum Gasteiger partial charge on any atom is -0.440 e. The van der Waals surface area contributed by atoms with Crippen molar-refractivity contribution in [2.24, 2.45) is 5.73 Å². The van der Waals surface area contributed by atoms with Gasteiger partial charge in [-0.15, -0.1) is 0 Å². The van der Waals surface area contributed by atoms with Crippen LogP contribution >= 0.6 is 23.2 Å². The van der Waals surface area contributed by atoms with E-state index in [0.717, 1.165) is 0 Å². The van der Waals surface area contributed by atoms with E-state index < -0.39 is 5.92 Å². The van der Waals surface area contributed by atoms with Gasteiger partial charge in [-0.2, -0.15) is 5.26 Å². The zero-order valence-electron chi connectivity index (χ0n) is 14.8. The summed E-state index contributed by atoms with van der Waals surface area (Å²) in [5.74, 6) is -0.593. The van der Waals surface area contributed by atoms with Gasteiger partial charge in [-0.25, -0.2) is 0 Å². The highest BCUT2D eigenvalue weighted by molar-refractivity contribution is 6.36. The lowest BCUT2D eigenvalue weighted by Crippen LogP contribution is -2.33. The minimum absolute atomic E-state index is 0.0700. The summed E-state index contributed by atoms with van der Waals surface area (Å²) >= 11 is 12.8. The van der Waals surface area contributed by atoms with Gasteiger partial charge in [0.1, 0.15) is 17.4 Å². The van der Waals surface area contributed by atoms with E-state index in [1.165, 1.54) is 0 Å². The van der Waals surface area contributed by atoms with Crippen LogP contribution in [0.5, 0.6) is 5.75 Å². The smallest absolute Gasteiger partial charge is 0.258 e. The molecule has 1 aromatic heterocycles. The van der Waals surface area contributed by atoms with Crippen LogP contribution in [0.4, 0.5) is 0 Å². The topological polar surface area (TPSA) is 90.3 Å². The molecule has 1 aromatic carbocycles. The maximum absolute atomic E-state index is 13.3. The Morgan fingerprint density at radius 2 is 2.00 bits per heavy atom. The summed E-state index contributed by atoms with van der Waals surface area (Å²) < 4.78 is 12.3. The molecule has 1 aliphatic rings. The molecular formula is C19H17Cl2N3O3. The predicted octanol–water partition coefficient (Wildman–Crippen LogP) is 3.33. The van der Waals surface area contributed by atoms with Crippen LogP contribution < -0.4 is 16.0 Å². The number of benzene rings is 1. The van der Waals surface area contributed by atoms with E-state index in [2.05, 4.69) is 0 Å². The predicted molar refractivity (Wildman–Crippen MR) is 103 cm³/mol. The monoisotopic (exact) mass is 405 g/mol. The lowest BCUT2D eigenvalue weighted by atomic mass is 9.84. The largest absolute Gasteiger partial charge is 0.440 e. The van der Waals surface area contributed by atoms with Crippen LogP contribution in [-0.2, 0) is 11.3 Å². The fourth-order valence-corrected chi connectivity index (χ4v) is 3.84. The fourth-order valence-electron chi connectivity index (χ4n) is 3.22. The molecule has 0 amide bonds. The van der Waals surface area contributed by atoms with Gasteiger partial charge in [-0.1, -0.05) is 29.3 Å². The Hall–Kier alpha value is -2.46. The van der Waals surface area contributed by atoms with Crippen LogP contribution in [0.1, 0.15) is 22.7 Å². The number of fused-ring (bicyclic) bond motifs is 1. The fraction of sp³-hybridized carbons (Fsp3) is 0.263. The quantitative estimate of drug-likeness (QED) is 0.841.